The number of esters is 1. The van der Waals surface area contributed by atoms with Crippen LogP contribution in [0.3, 0.4) is 0 Å². The first-order valence-electron chi connectivity index (χ1n) is 11.0. The smallest absolute Gasteiger partial charge is 0.339 e. The van der Waals surface area contributed by atoms with Gasteiger partial charge in [0.2, 0.25) is 0 Å². The first-order valence-corrected chi connectivity index (χ1v) is 11.0. The van der Waals surface area contributed by atoms with Gasteiger partial charge in [-0.25, -0.2) is 4.79 Å². The molecule has 6 heteroatoms. The van der Waals surface area contributed by atoms with Crippen LogP contribution < -0.4 is 10.1 Å². The summed E-state index contributed by atoms with van der Waals surface area (Å²) < 4.78 is 10.7. The van der Waals surface area contributed by atoms with Crippen LogP contribution in [0.15, 0.2) is 66.4 Å². The van der Waals surface area contributed by atoms with Crippen LogP contribution >= 0.6 is 0 Å². The van der Waals surface area contributed by atoms with Crippen LogP contribution in [0, 0.1) is 0 Å². The van der Waals surface area contributed by atoms with Crippen LogP contribution in [0.25, 0.3) is 5.57 Å². The summed E-state index contributed by atoms with van der Waals surface area (Å²) in [7, 11) is 0. The molecule has 3 rings (SSSR count). The molecule has 0 saturated heterocycles. The molecule has 0 unspecified atom stereocenters. The Hall–Kier alpha value is -3.54. The third-order valence-electron chi connectivity index (χ3n) is 5.07. The van der Waals surface area contributed by atoms with E-state index in [9.17, 15) is 9.59 Å². The molecule has 1 aliphatic heterocycles. The maximum atomic E-state index is 13.2. The van der Waals surface area contributed by atoms with E-state index in [0.29, 0.717) is 36.5 Å². The van der Waals surface area contributed by atoms with Gasteiger partial charge in [0.25, 0.3) is 5.91 Å². The highest BCUT2D eigenvalue weighted by molar-refractivity contribution is 5.99. The van der Waals surface area contributed by atoms with Crippen molar-refractivity contribution in [1.29, 1.82) is 0 Å². The zero-order valence-corrected chi connectivity index (χ0v) is 18.9. The number of ether oxygens (including phenoxy) is 2. The van der Waals surface area contributed by atoms with Gasteiger partial charge in [-0.15, -0.1) is 0 Å². The lowest BCUT2D eigenvalue weighted by Crippen LogP contribution is -2.27. The first-order chi connectivity index (χ1) is 15.6. The summed E-state index contributed by atoms with van der Waals surface area (Å²) in [5.41, 5.74) is 3.87. The van der Waals surface area contributed by atoms with Crippen LogP contribution in [0.2, 0.25) is 0 Å². The molecule has 32 heavy (non-hydrogen) atoms. The Balaban J connectivity index is 1.92. The second-order valence-corrected chi connectivity index (χ2v) is 7.26. The molecule has 2 aromatic carbocycles. The Labute approximate surface area is 189 Å². The quantitative estimate of drug-likeness (QED) is 0.599. The van der Waals surface area contributed by atoms with Crippen LogP contribution in [-0.4, -0.2) is 43.1 Å². The summed E-state index contributed by atoms with van der Waals surface area (Å²) >= 11 is 0. The number of nitrogens with one attached hydrogen (secondary N) is 1. The van der Waals surface area contributed by atoms with Crippen molar-refractivity contribution in [3.63, 3.8) is 0 Å². The minimum Gasteiger partial charge on any atom is -0.494 e. The van der Waals surface area contributed by atoms with E-state index in [1.54, 1.807) is 42.3 Å². The minimum absolute atomic E-state index is 0.176. The number of hydrogen-bond donors (Lipinski definition) is 1. The summed E-state index contributed by atoms with van der Waals surface area (Å²) in [5, 5.41) is 3.37. The first kappa shape index (κ1) is 23.1. The summed E-state index contributed by atoms with van der Waals surface area (Å²) in [5.74, 6) is 0.0912. The van der Waals surface area contributed by atoms with E-state index in [4.69, 9.17) is 9.47 Å². The van der Waals surface area contributed by atoms with Gasteiger partial charge in [-0.1, -0.05) is 18.2 Å². The summed E-state index contributed by atoms with van der Waals surface area (Å²) in [6.45, 7) is 7.78. The molecule has 6 nitrogen and oxygen atoms in total. The number of carbonyl (C=O) groups is 2. The SMILES string of the molecule is CCNc1ccccc1C1=CC(C(=O)OCC)=CN(C(=O)c2ccc(OCC)cc2)CC1. The van der Waals surface area contributed by atoms with E-state index >= 15 is 0 Å². The molecule has 2 aromatic rings. The number of benzene rings is 2. The Morgan fingerprint density at radius 1 is 1.00 bits per heavy atom. The van der Waals surface area contributed by atoms with Crippen molar-refractivity contribution in [2.75, 3.05) is 31.6 Å². The van der Waals surface area contributed by atoms with Crippen molar-refractivity contribution < 1.29 is 19.1 Å². The Morgan fingerprint density at radius 2 is 1.75 bits per heavy atom. The number of hydrogen-bond acceptors (Lipinski definition) is 5. The van der Waals surface area contributed by atoms with Gasteiger partial charge in [-0.3, -0.25) is 4.79 Å². The van der Waals surface area contributed by atoms with Gasteiger partial charge in [-0.2, -0.15) is 0 Å². The second kappa shape index (κ2) is 11.2. The highest BCUT2D eigenvalue weighted by atomic mass is 16.5. The molecule has 1 N–H and O–H groups in total. The zero-order chi connectivity index (χ0) is 22.9. The molecule has 1 heterocycles. The van der Waals surface area contributed by atoms with Crippen molar-refractivity contribution >= 4 is 23.1 Å². The molecule has 1 amide bonds. The largest absolute Gasteiger partial charge is 0.494 e. The molecule has 1 aliphatic rings. The fraction of sp³-hybridized carbons (Fsp3) is 0.308. The second-order valence-electron chi connectivity index (χ2n) is 7.26. The van der Waals surface area contributed by atoms with Crippen molar-refractivity contribution in [3.8, 4) is 5.75 Å². The Kier molecular flexibility index (Phi) is 8.08. The number of anilines is 1. The molecule has 0 atom stereocenters. The number of nitrogens with zero attached hydrogens (tertiary/aromatic N) is 1. The maximum Gasteiger partial charge on any atom is 0.339 e. The fourth-order valence-electron chi connectivity index (χ4n) is 3.60. The molecular weight excluding hydrogens is 404 g/mol. The van der Waals surface area contributed by atoms with Gasteiger partial charge >= 0.3 is 5.97 Å². The lowest BCUT2D eigenvalue weighted by molar-refractivity contribution is -0.138. The number of para-hydroxylation sites is 1. The third-order valence-corrected chi connectivity index (χ3v) is 5.07. The minimum atomic E-state index is -0.447. The van der Waals surface area contributed by atoms with E-state index in [0.717, 1.165) is 23.4 Å². The van der Waals surface area contributed by atoms with Gasteiger partial charge in [0.15, 0.2) is 0 Å². The molecule has 0 spiro atoms. The van der Waals surface area contributed by atoms with Gasteiger partial charge in [-0.05, 0) is 69.2 Å². The summed E-state index contributed by atoms with van der Waals surface area (Å²) in [6, 6.07) is 15.0. The van der Waals surface area contributed by atoms with Gasteiger partial charge in [0.1, 0.15) is 5.75 Å². The molecule has 0 fully saturated rings. The van der Waals surface area contributed by atoms with Crippen LogP contribution in [0.4, 0.5) is 5.69 Å². The molecule has 168 valence electrons. The van der Waals surface area contributed by atoms with Crippen LogP contribution in [-0.2, 0) is 9.53 Å². The monoisotopic (exact) mass is 434 g/mol. The fourth-order valence-corrected chi connectivity index (χ4v) is 3.60. The van der Waals surface area contributed by atoms with Crippen molar-refractivity contribution in [2.45, 2.75) is 27.2 Å². The Bertz CT molecular complexity index is 1010. The van der Waals surface area contributed by atoms with Crippen molar-refractivity contribution in [3.05, 3.63) is 77.5 Å². The number of rotatable bonds is 8. The third kappa shape index (κ3) is 5.58. The lowest BCUT2D eigenvalue weighted by Gasteiger charge is -2.19. The standard InChI is InChI=1S/C26H30N2O4/c1-4-27-24-10-8-7-9-23(24)20-15-16-28(18-21(17-20)26(30)32-6-3)25(29)19-11-13-22(14-12-19)31-5-2/h7-14,17-18,27H,4-6,15-16H2,1-3H3. The highest BCUT2D eigenvalue weighted by Crippen LogP contribution is 2.30. The van der Waals surface area contributed by atoms with E-state index in [2.05, 4.69) is 5.32 Å². The highest BCUT2D eigenvalue weighted by Gasteiger charge is 2.22. The molecule has 0 saturated carbocycles. The van der Waals surface area contributed by atoms with Crippen LogP contribution in [0.5, 0.6) is 5.75 Å². The molecule has 0 aliphatic carbocycles. The molecular formula is C26H30N2O4. The van der Waals surface area contributed by atoms with Gasteiger partial charge in [0.05, 0.1) is 18.8 Å². The molecule has 0 aromatic heterocycles. The van der Waals surface area contributed by atoms with Crippen LogP contribution in [0.1, 0.15) is 43.1 Å². The van der Waals surface area contributed by atoms with Gasteiger partial charge < -0.3 is 19.7 Å². The van der Waals surface area contributed by atoms with E-state index in [1.807, 2.05) is 44.2 Å². The topological polar surface area (TPSA) is 67.9 Å². The maximum absolute atomic E-state index is 13.2. The normalized spacial score (nSPS) is 13.5. The zero-order valence-electron chi connectivity index (χ0n) is 18.9. The van der Waals surface area contributed by atoms with Crippen molar-refractivity contribution in [1.82, 2.24) is 4.90 Å². The van der Waals surface area contributed by atoms with E-state index in [1.165, 1.54) is 0 Å². The van der Waals surface area contributed by atoms with E-state index in [-0.39, 0.29) is 12.5 Å². The average Bonchev–Trinajstić information content (AvgIpc) is 3.04. The van der Waals surface area contributed by atoms with E-state index < -0.39 is 5.97 Å². The number of carbonyl (C=O) groups excluding carboxylic acids is 2. The predicted molar refractivity (Wildman–Crippen MR) is 127 cm³/mol. The average molecular weight is 435 g/mol. The Morgan fingerprint density at radius 3 is 2.44 bits per heavy atom. The molecule has 0 radical (unpaired) electrons. The van der Waals surface area contributed by atoms with Gasteiger partial charge in [0, 0.05) is 36.1 Å². The number of amides is 1. The summed E-state index contributed by atoms with van der Waals surface area (Å²) in [6.07, 6.45) is 4.03. The predicted octanol–water partition coefficient (Wildman–Crippen LogP) is 4.89. The summed E-state index contributed by atoms with van der Waals surface area (Å²) in [4.78, 5) is 27.5. The molecule has 0 bridgehead atoms. The van der Waals surface area contributed by atoms with Crippen molar-refractivity contribution in [2.24, 2.45) is 0 Å². The lowest BCUT2D eigenvalue weighted by atomic mass is 9.99.